The summed E-state index contributed by atoms with van der Waals surface area (Å²) in [5.74, 6) is 0.568. The number of phenols is 1. The second-order valence-corrected chi connectivity index (χ2v) is 8.24. The highest BCUT2D eigenvalue weighted by atomic mass is 16.5. The van der Waals surface area contributed by atoms with Gasteiger partial charge in [-0.25, -0.2) is 0 Å². The number of amides is 1. The van der Waals surface area contributed by atoms with Crippen LogP contribution in [0, 0.1) is 0 Å². The molecule has 0 saturated heterocycles. The molecule has 2 aromatic rings. The lowest BCUT2D eigenvalue weighted by atomic mass is 9.78. The van der Waals surface area contributed by atoms with E-state index in [1.54, 1.807) is 6.92 Å². The number of rotatable bonds is 3. The number of aromatic hydroxyl groups is 1. The summed E-state index contributed by atoms with van der Waals surface area (Å²) in [5, 5.41) is 17.1. The first-order chi connectivity index (χ1) is 11.4. The predicted octanol–water partition coefficient (Wildman–Crippen LogP) is 4.39. The fourth-order valence-corrected chi connectivity index (χ4v) is 2.51. The molecule has 2 N–H and O–H groups in total. The maximum absolute atomic E-state index is 11.5. The first-order valence-corrected chi connectivity index (χ1v) is 8.45. The van der Waals surface area contributed by atoms with Crippen molar-refractivity contribution in [2.75, 3.05) is 5.32 Å². The van der Waals surface area contributed by atoms with E-state index < -0.39 is 0 Å². The molecule has 1 heterocycles. The molecular weight excluding hydrogens is 318 g/mol. The second-order valence-electron chi connectivity index (χ2n) is 8.24. The molecule has 0 unspecified atom stereocenters. The molecule has 25 heavy (non-hydrogen) atoms. The molecule has 2 rings (SSSR count). The molecule has 0 saturated carbocycles. The summed E-state index contributed by atoms with van der Waals surface area (Å²) in [5.41, 5.74) is 1.84. The lowest BCUT2D eigenvalue weighted by molar-refractivity contribution is -0.115. The van der Waals surface area contributed by atoms with Crippen molar-refractivity contribution in [1.29, 1.82) is 0 Å². The van der Waals surface area contributed by atoms with Crippen LogP contribution in [0.3, 0.4) is 0 Å². The third-order valence-corrected chi connectivity index (χ3v) is 3.97. The number of nitrogens with one attached hydrogen (secondary N) is 1. The molecule has 1 amide bonds. The summed E-state index contributed by atoms with van der Waals surface area (Å²) in [7, 11) is 0. The first-order valence-electron chi connectivity index (χ1n) is 8.45. The molecule has 1 aromatic carbocycles. The van der Waals surface area contributed by atoms with E-state index >= 15 is 0 Å². The third kappa shape index (κ3) is 4.18. The minimum atomic E-state index is -0.251. The molecule has 6 nitrogen and oxygen atoms in total. The predicted molar refractivity (Wildman–Crippen MR) is 97.7 cm³/mol. The molecule has 0 aliphatic carbocycles. The number of aromatic nitrogens is 2. The Labute approximate surface area is 148 Å². The molecular formula is C19H27N3O3. The van der Waals surface area contributed by atoms with Gasteiger partial charge < -0.3 is 9.63 Å². The molecule has 6 heteroatoms. The summed E-state index contributed by atoms with van der Waals surface area (Å²) in [4.78, 5) is 15.7. The first kappa shape index (κ1) is 19.0. The van der Waals surface area contributed by atoms with Crippen molar-refractivity contribution < 1.29 is 14.4 Å². The Balaban J connectivity index is 2.57. The standard InChI is InChI=1S/C19H27N3O3/c1-8-14(23)20-17-21-16(25-22-17)11-9-12(18(2,3)4)15(24)13(10-11)19(5,6)7/h9-10,24H,8H2,1-7H3,(H,20,22,23). The van der Waals surface area contributed by atoms with E-state index in [1.807, 2.05) is 53.7 Å². The van der Waals surface area contributed by atoms with Gasteiger partial charge in [-0.3, -0.25) is 10.1 Å². The maximum atomic E-state index is 11.5. The maximum Gasteiger partial charge on any atom is 0.270 e. The van der Waals surface area contributed by atoms with E-state index in [0.29, 0.717) is 18.1 Å². The minimum Gasteiger partial charge on any atom is -0.507 e. The van der Waals surface area contributed by atoms with Crippen LogP contribution in [0.4, 0.5) is 5.95 Å². The Morgan fingerprint density at radius 2 is 1.64 bits per heavy atom. The van der Waals surface area contributed by atoms with Gasteiger partial charge in [-0.1, -0.05) is 48.5 Å². The van der Waals surface area contributed by atoms with E-state index in [4.69, 9.17) is 4.52 Å². The summed E-state index contributed by atoms with van der Waals surface area (Å²) in [6.45, 7) is 14.0. The number of phenolic OH excluding ortho intramolecular Hbond substituents is 1. The smallest absolute Gasteiger partial charge is 0.270 e. The van der Waals surface area contributed by atoms with Crippen molar-refractivity contribution in [3.8, 4) is 17.2 Å². The van der Waals surface area contributed by atoms with Crippen LogP contribution in [0.2, 0.25) is 0 Å². The van der Waals surface area contributed by atoms with Gasteiger partial charge in [0.25, 0.3) is 11.8 Å². The van der Waals surface area contributed by atoms with Gasteiger partial charge >= 0.3 is 0 Å². The average Bonchev–Trinajstić information content (AvgIpc) is 2.93. The number of benzene rings is 1. The Hall–Kier alpha value is -2.37. The molecule has 0 aliphatic rings. The fraction of sp³-hybridized carbons (Fsp3) is 0.526. The van der Waals surface area contributed by atoms with E-state index in [0.717, 1.165) is 16.7 Å². The van der Waals surface area contributed by atoms with E-state index in [-0.39, 0.29) is 22.7 Å². The molecule has 0 bridgehead atoms. The van der Waals surface area contributed by atoms with Crippen LogP contribution in [0.15, 0.2) is 16.7 Å². The number of anilines is 1. The zero-order valence-electron chi connectivity index (χ0n) is 16.0. The Morgan fingerprint density at radius 3 is 2.08 bits per heavy atom. The van der Waals surface area contributed by atoms with Crippen molar-refractivity contribution in [3.63, 3.8) is 0 Å². The topological polar surface area (TPSA) is 88.2 Å². The van der Waals surface area contributed by atoms with E-state index in [2.05, 4.69) is 15.5 Å². The summed E-state index contributed by atoms with van der Waals surface area (Å²) in [6.07, 6.45) is 0.339. The minimum absolute atomic E-state index is 0.143. The Bertz CT molecular complexity index is 745. The molecule has 1 aromatic heterocycles. The normalized spacial score (nSPS) is 12.3. The van der Waals surface area contributed by atoms with Gasteiger partial charge in [0.15, 0.2) is 0 Å². The van der Waals surface area contributed by atoms with Crippen molar-refractivity contribution in [2.24, 2.45) is 0 Å². The molecule has 136 valence electrons. The van der Waals surface area contributed by atoms with Crippen LogP contribution in [0.5, 0.6) is 5.75 Å². The van der Waals surface area contributed by atoms with Crippen molar-refractivity contribution >= 4 is 11.9 Å². The van der Waals surface area contributed by atoms with E-state index in [9.17, 15) is 9.90 Å². The van der Waals surface area contributed by atoms with E-state index in [1.165, 1.54) is 0 Å². The lowest BCUT2D eigenvalue weighted by Gasteiger charge is -2.27. The van der Waals surface area contributed by atoms with Gasteiger partial charge in [-0.15, -0.1) is 0 Å². The van der Waals surface area contributed by atoms with Gasteiger partial charge in [0, 0.05) is 23.1 Å². The highest BCUT2D eigenvalue weighted by molar-refractivity contribution is 5.88. The van der Waals surface area contributed by atoms with Gasteiger partial charge in [0.05, 0.1) is 0 Å². The van der Waals surface area contributed by atoms with Gasteiger partial charge in [-0.05, 0) is 28.1 Å². The Kier molecular flexibility index (Phi) is 4.93. The SMILES string of the molecule is CCC(=O)Nc1noc(-c2cc(C(C)(C)C)c(O)c(C(C)(C)C)c2)n1. The quantitative estimate of drug-likeness (QED) is 0.861. The molecule has 0 spiro atoms. The molecule has 0 aliphatic heterocycles. The van der Waals surface area contributed by atoms with Crippen LogP contribution in [0.25, 0.3) is 11.5 Å². The zero-order valence-corrected chi connectivity index (χ0v) is 16.0. The van der Waals surface area contributed by atoms with Crippen molar-refractivity contribution in [3.05, 3.63) is 23.3 Å². The summed E-state index contributed by atoms with van der Waals surface area (Å²) < 4.78 is 5.31. The highest BCUT2D eigenvalue weighted by Crippen LogP contribution is 2.41. The van der Waals surface area contributed by atoms with Crippen LogP contribution < -0.4 is 5.32 Å². The number of carbonyl (C=O) groups is 1. The Morgan fingerprint density at radius 1 is 1.12 bits per heavy atom. The monoisotopic (exact) mass is 345 g/mol. The van der Waals surface area contributed by atoms with Gasteiger partial charge in [0.2, 0.25) is 5.91 Å². The second kappa shape index (κ2) is 6.50. The van der Waals surface area contributed by atoms with Gasteiger partial charge in [0.1, 0.15) is 5.75 Å². The van der Waals surface area contributed by atoms with Crippen LogP contribution in [0.1, 0.15) is 66.0 Å². The van der Waals surface area contributed by atoms with Crippen molar-refractivity contribution in [1.82, 2.24) is 10.1 Å². The fourth-order valence-electron chi connectivity index (χ4n) is 2.51. The molecule has 0 atom stereocenters. The molecule has 0 radical (unpaired) electrons. The van der Waals surface area contributed by atoms with Gasteiger partial charge in [-0.2, -0.15) is 4.98 Å². The van der Waals surface area contributed by atoms with Crippen LogP contribution in [-0.2, 0) is 15.6 Å². The largest absolute Gasteiger partial charge is 0.507 e. The third-order valence-electron chi connectivity index (χ3n) is 3.97. The summed E-state index contributed by atoms with van der Waals surface area (Å²) >= 11 is 0. The lowest BCUT2D eigenvalue weighted by Crippen LogP contribution is -2.17. The highest BCUT2D eigenvalue weighted by Gasteiger charge is 2.28. The van der Waals surface area contributed by atoms with Crippen molar-refractivity contribution in [2.45, 2.75) is 65.7 Å². The average molecular weight is 345 g/mol. The molecule has 0 fully saturated rings. The zero-order chi connectivity index (χ0) is 19.0. The summed E-state index contributed by atoms with van der Waals surface area (Å²) in [6, 6.07) is 3.73. The number of hydrogen-bond acceptors (Lipinski definition) is 5. The number of carbonyl (C=O) groups excluding carboxylic acids is 1. The van der Waals surface area contributed by atoms with Crippen LogP contribution >= 0.6 is 0 Å². The van der Waals surface area contributed by atoms with Crippen LogP contribution in [-0.4, -0.2) is 21.2 Å². The number of nitrogens with zero attached hydrogens (tertiary/aromatic N) is 2. The number of hydrogen-bond donors (Lipinski definition) is 2.